The number of nitrogens with one attached hydrogen (secondary N) is 1. The van der Waals surface area contributed by atoms with E-state index >= 15 is 0 Å². The summed E-state index contributed by atoms with van der Waals surface area (Å²) in [6.45, 7) is 7.30. The van der Waals surface area contributed by atoms with Gasteiger partial charge in [-0.1, -0.05) is 37.3 Å². The minimum absolute atomic E-state index is 0.0315. The van der Waals surface area contributed by atoms with Gasteiger partial charge in [-0.15, -0.1) is 0 Å². The van der Waals surface area contributed by atoms with Crippen molar-refractivity contribution in [1.29, 1.82) is 0 Å². The normalized spacial score (nSPS) is 12.1. The highest BCUT2D eigenvalue weighted by atomic mass is 16.5. The number of hydrogen-bond acceptors (Lipinski definition) is 3. The van der Waals surface area contributed by atoms with Crippen molar-refractivity contribution in [3.05, 3.63) is 59.9 Å². The Morgan fingerprint density at radius 2 is 1.93 bits per heavy atom. The number of rotatable bonds is 8. The fourth-order valence-electron chi connectivity index (χ4n) is 3.19. The minimum Gasteiger partial charge on any atom is -0.493 e. The van der Waals surface area contributed by atoms with Crippen LogP contribution in [-0.4, -0.2) is 22.1 Å². The number of imidazole rings is 1. The van der Waals surface area contributed by atoms with Crippen molar-refractivity contribution in [1.82, 2.24) is 14.9 Å². The van der Waals surface area contributed by atoms with E-state index in [1.807, 2.05) is 50.2 Å². The molecule has 0 radical (unpaired) electrons. The molecule has 27 heavy (non-hydrogen) atoms. The predicted octanol–water partition coefficient (Wildman–Crippen LogP) is 4.40. The molecule has 0 saturated heterocycles. The summed E-state index contributed by atoms with van der Waals surface area (Å²) in [4.78, 5) is 16.6. The average Bonchev–Trinajstić information content (AvgIpc) is 3.05. The van der Waals surface area contributed by atoms with Gasteiger partial charge in [0.2, 0.25) is 5.91 Å². The first-order chi connectivity index (χ1) is 13.1. The molecule has 0 spiro atoms. The summed E-state index contributed by atoms with van der Waals surface area (Å²) in [5.41, 5.74) is 3.17. The smallest absolute Gasteiger partial charge is 0.220 e. The van der Waals surface area contributed by atoms with E-state index in [0.717, 1.165) is 41.1 Å². The first-order valence-electron chi connectivity index (χ1n) is 9.53. The van der Waals surface area contributed by atoms with Crippen molar-refractivity contribution >= 4 is 16.9 Å². The molecule has 0 aliphatic heterocycles. The summed E-state index contributed by atoms with van der Waals surface area (Å²) in [6, 6.07) is 16.0. The molecular weight excluding hydrogens is 338 g/mol. The summed E-state index contributed by atoms with van der Waals surface area (Å²) >= 11 is 0. The molecule has 0 aliphatic rings. The Balaban J connectivity index is 1.73. The van der Waals surface area contributed by atoms with E-state index in [4.69, 9.17) is 9.72 Å². The fraction of sp³-hybridized carbons (Fsp3) is 0.364. The van der Waals surface area contributed by atoms with Gasteiger partial charge in [0, 0.05) is 13.0 Å². The van der Waals surface area contributed by atoms with Gasteiger partial charge in [0.25, 0.3) is 0 Å². The number of hydrogen-bond donors (Lipinski definition) is 1. The molecule has 1 heterocycles. The minimum atomic E-state index is -0.137. The Kier molecular flexibility index (Phi) is 6.12. The second-order valence-corrected chi connectivity index (χ2v) is 6.72. The van der Waals surface area contributed by atoms with E-state index in [1.54, 1.807) is 0 Å². The number of para-hydroxylation sites is 3. The number of nitrogens with zero attached hydrogens (tertiary/aromatic N) is 2. The van der Waals surface area contributed by atoms with Crippen LogP contribution < -0.4 is 10.1 Å². The zero-order chi connectivity index (χ0) is 19.2. The average molecular weight is 365 g/mol. The first kappa shape index (κ1) is 19.0. The Bertz CT molecular complexity index is 917. The standard InChI is InChI=1S/C22H27N3O2/c1-4-21(26)23-17(3)22-24-18-11-6-7-12-19(18)25(22)14-9-15-27-20-13-8-5-10-16(20)2/h5-8,10-13,17H,4,9,14-15H2,1-3H3,(H,23,26). The lowest BCUT2D eigenvalue weighted by atomic mass is 10.2. The molecule has 0 aliphatic carbocycles. The molecule has 0 bridgehead atoms. The van der Waals surface area contributed by atoms with Crippen LogP contribution in [-0.2, 0) is 11.3 Å². The van der Waals surface area contributed by atoms with Gasteiger partial charge >= 0.3 is 0 Å². The third kappa shape index (κ3) is 4.48. The van der Waals surface area contributed by atoms with Crippen LogP contribution in [0.25, 0.3) is 11.0 Å². The third-order valence-electron chi connectivity index (χ3n) is 4.65. The van der Waals surface area contributed by atoms with E-state index in [1.165, 1.54) is 0 Å². The molecule has 1 unspecified atom stereocenters. The largest absolute Gasteiger partial charge is 0.493 e. The van der Waals surface area contributed by atoms with Crippen molar-refractivity contribution < 1.29 is 9.53 Å². The number of amides is 1. The lowest BCUT2D eigenvalue weighted by Crippen LogP contribution is -2.28. The molecule has 5 heteroatoms. The van der Waals surface area contributed by atoms with Crippen LogP contribution in [0.15, 0.2) is 48.5 Å². The van der Waals surface area contributed by atoms with Gasteiger partial charge in [0.05, 0.1) is 23.7 Å². The SMILES string of the molecule is CCC(=O)NC(C)c1nc2ccccc2n1CCCOc1ccccc1C. The van der Waals surface area contributed by atoms with Crippen LogP contribution in [0, 0.1) is 6.92 Å². The highest BCUT2D eigenvalue weighted by molar-refractivity contribution is 5.77. The second-order valence-electron chi connectivity index (χ2n) is 6.72. The van der Waals surface area contributed by atoms with Crippen molar-refractivity contribution in [3.8, 4) is 5.75 Å². The maximum atomic E-state index is 11.8. The van der Waals surface area contributed by atoms with Crippen LogP contribution in [0.5, 0.6) is 5.75 Å². The Morgan fingerprint density at radius 3 is 2.70 bits per heavy atom. The molecule has 1 N–H and O–H groups in total. The zero-order valence-electron chi connectivity index (χ0n) is 16.2. The van der Waals surface area contributed by atoms with Gasteiger partial charge in [-0.3, -0.25) is 4.79 Å². The summed E-state index contributed by atoms with van der Waals surface area (Å²) in [5, 5.41) is 3.02. The molecule has 142 valence electrons. The monoisotopic (exact) mass is 365 g/mol. The van der Waals surface area contributed by atoms with E-state index < -0.39 is 0 Å². The molecule has 5 nitrogen and oxygen atoms in total. The zero-order valence-corrected chi connectivity index (χ0v) is 16.2. The quantitative estimate of drug-likeness (QED) is 0.602. The van der Waals surface area contributed by atoms with Gasteiger partial charge in [0.15, 0.2) is 0 Å². The highest BCUT2D eigenvalue weighted by Crippen LogP contribution is 2.22. The molecule has 1 atom stereocenters. The maximum absolute atomic E-state index is 11.8. The Hall–Kier alpha value is -2.82. The second kappa shape index (κ2) is 8.71. The molecule has 2 aromatic carbocycles. The van der Waals surface area contributed by atoms with Crippen molar-refractivity contribution in [2.24, 2.45) is 0 Å². The number of ether oxygens (including phenoxy) is 1. The van der Waals surface area contributed by atoms with E-state index in [-0.39, 0.29) is 11.9 Å². The van der Waals surface area contributed by atoms with Crippen molar-refractivity contribution in [3.63, 3.8) is 0 Å². The van der Waals surface area contributed by atoms with Crippen LogP contribution in [0.3, 0.4) is 0 Å². The number of aryl methyl sites for hydroxylation is 2. The Labute approximate surface area is 160 Å². The number of carbonyl (C=O) groups excluding carboxylic acids is 1. The van der Waals surface area contributed by atoms with Gasteiger partial charge in [-0.05, 0) is 44.0 Å². The highest BCUT2D eigenvalue weighted by Gasteiger charge is 2.17. The van der Waals surface area contributed by atoms with E-state index in [9.17, 15) is 4.79 Å². The van der Waals surface area contributed by atoms with Crippen molar-refractivity contribution in [2.75, 3.05) is 6.61 Å². The maximum Gasteiger partial charge on any atom is 0.220 e. The molecule has 1 amide bonds. The first-order valence-corrected chi connectivity index (χ1v) is 9.53. The predicted molar refractivity (Wildman–Crippen MR) is 108 cm³/mol. The molecule has 3 aromatic rings. The lowest BCUT2D eigenvalue weighted by molar-refractivity contribution is -0.121. The van der Waals surface area contributed by atoms with Gasteiger partial charge in [-0.2, -0.15) is 0 Å². The molecule has 0 saturated carbocycles. The van der Waals surface area contributed by atoms with Crippen LogP contribution >= 0.6 is 0 Å². The summed E-state index contributed by atoms with van der Waals surface area (Å²) in [5.74, 6) is 1.84. The Morgan fingerprint density at radius 1 is 1.19 bits per heavy atom. The number of fused-ring (bicyclic) bond motifs is 1. The van der Waals surface area contributed by atoms with E-state index in [2.05, 4.69) is 28.9 Å². The van der Waals surface area contributed by atoms with Crippen LogP contribution in [0.2, 0.25) is 0 Å². The molecule has 0 fully saturated rings. The molecule has 3 rings (SSSR count). The van der Waals surface area contributed by atoms with E-state index in [0.29, 0.717) is 13.0 Å². The van der Waals surface area contributed by atoms with Crippen LogP contribution in [0.4, 0.5) is 0 Å². The number of carbonyl (C=O) groups is 1. The van der Waals surface area contributed by atoms with Crippen LogP contribution in [0.1, 0.15) is 44.1 Å². The van der Waals surface area contributed by atoms with Crippen molar-refractivity contribution in [2.45, 2.75) is 46.2 Å². The number of aromatic nitrogens is 2. The van der Waals surface area contributed by atoms with Gasteiger partial charge in [-0.25, -0.2) is 4.98 Å². The van der Waals surface area contributed by atoms with Gasteiger partial charge < -0.3 is 14.6 Å². The molecular formula is C22H27N3O2. The number of benzene rings is 2. The molecule has 1 aromatic heterocycles. The fourth-order valence-corrected chi connectivity index (χ4v) is 3.19. The van der Waals surface area contributed by atoms with Gasteiger partial charge in [0.1, 0.15) is 11.6 Å². The topological polar surface area (TPSA) is 56.2 Å². The third-order valence-corrected chi connectivity index (χ3v) is 4.65. The summed E-state index contributed by atoms with van der Waals surface area (Å²) in [6.07, 6.45) is 1.32. The lowest BCUT2D eigenvalue weighted by Gasteiger charge is -2.16. The summed E-state index contributed by atoms with van der Waals surface area (Å²) in [7, 11) is 0. The summed E-state index contributed by atoms with van der Waals surface area (Å²) < 4.78 is 8.12.